The molecule has 100 valence electrons. The van der Waals surface area contributed by atoms with Crippen molar-refractivity contribution in [2.75, 3.05) is 0 Å². The van der Waals surface area contributed by atoms with Gasteiger partial charge in [-0.25, -0.2) is 0 Å². The molecule has 0 unspecified atom stereocenters. The Morgan fingerprint density at radius 1 is 1.24 bits per heavy atom. The Balaban J connectivity index is 0. The zero-order valence-electron chi connectivity index (χ0n) is 12.0. The second kappa shape index (κ2) is 7.58. The van der Waals surface area contributed by atoms with Gasteiger partial charge in [0.25, 0.3) is 0 Å². The molecule has 0 aromatic rings. The van der Waals surface area contributed by atoms with E-state index in [1.165, 1.54) is 0 Å². The Labute approximate surface area is 129 Å². The maximum absolute atomic E-state index is 5.88. The van der Waals surface area contributed by atoms with Gasteiger partial charge < -0.3 is 16.4 Å². The maximum Gasteiger partial charge on any atom is 1.00 e. The molecule has 1 heterocycles. The standard InChI is InChI=1S/C11H19O2.C2H5.Cu.Li/c1-5-10(4)7-11(10)12-8(2)6-9(3)13-11;1-2;;/h7-9H,5-6H2,1-4H3;1H2,2H3;;/q2*-1;2*+1/t8-,9-,10+;;;/m1.../s1. The van der Waals surface area contributed by atoms with E-state index in [9.17, 15) is 0 Å². The van der Waals surface area contributed by atoms with Crippen LogP contribution < -0.4 is 18.9 Å². The summed E-state index contributed by atoms with van der Waals surface area (Å²) in [4.78, 5) is 0. The molecule has 1 aliphatic carbocycles. The van der Waals surface area contributed by atoms with Gasteiger partial charge in [0, 0.05) is 5.79 Å². The fraction of sp³-hybridized carbons (Fsp3) is 0.846. The minimum Gasteiger partial charge on any atom is -0.379 e. The van der Waals surface area contributed by atoms with E-state index in [2.05, 4.69) is 41.0 Å². The van der Waals surface area contributed by atoms with Crippen molar-refractivity contribution in [3.05, 3.63) is 13.3 Å². The molecule has 0 aromatic heterocycles. The van der Waals surface area contributed by atoms with Gasteiger partial charge >= 0.3 is 35.9 Å². The van der Waals surface area contributed by atoms with Crippen LogP contribution in [0, 0.1) is 18.8 Å². The molecule has 17 heavy (non-hydrogen) atoms. The third-order valence-electron chi connectivity index (χ3n) is 3.37. The van der Waals surface area contributed by atoms with Crippen LogP contribution in [0.1, 0.15) is 47.5 Å². The predicted molar refractivity (Wildman–Crippen MR) is 62.2 cm³/mol. The van der Waals surface area contributed by atoms with Crippen molar-refractivity contribution in [3.63, 3.8) is 0 Å². The molecule has 1 aliphatic heterocycles. The van der Waals surface area contributed by atoms with Crippen molar-refractivity contribution in [3.8, 4) is 0 Å². The van der Waals surface area contributed by atoms with E-state index >= 15 is 0 Å². The zero-order valence-corrected chi connectivity index (χ0v) is 12.9. The second-order valence-corrected chi connectivity index (χ2v) is 4.68. The van der Waals surface area contributed by atoms with Gasteiger partial charge in [0.05, 0.1) is 12.2 Å². The van der Waals surface area contributed by atoms with Crippen LogP contribution in [0.3, 0.4) is 0 Å². The van der Waals surface area contributed by atoms with Gasteiger partial charge in [-0.2, -0.15) is 6.92 Å². The average Bonchev–Trinajstić information content (AvgIpc) is 2.72. The van der Waals surface area contributed by atoms with Crippen molar-refractivity contribution in [2.45, 2.75) is 65.5 Å². The van der Waals surface area contributed by atoms with E-state index in [4.69, 9.17) is 9.47 Å². The van der Waals surface area contributed by atoms with Crippen molar-refractivity contribution in [2.24, 2.45) is 5.41 Å². The summed E-state index contributed by atoms with van der Waals surface area (Å²) in [5, 5.41) is 0. The molecule has 1 saturated heterocycles. The number of ether oxygens (including phenoxy) is 2. The minimum atomic E-state index is -0.348. The molecule has 0 bridgehead atoms. The van der Waals surface area contributed by atoms with Crippen LogP contribution in [0.25, 0.3) is 0 Å². The molecule has 1 saturated carbocycles. The topological polar surface area (TPSA) is 18.5 Å². The van der Waals surface area contributed by atoms with Crippen molar-refractivity contribution in [1.82, 2.24) is 0 Å². The Morgan fingerprint density at radius 3 is 1.94 bits per heavy atom. The molecule has 0 amide bonds. The van der Waals surface area contributed by atoms with E-state index in [0.717, 1.165) is 12.8 Å². The third kappa shape index (κ3) is 4.00. The third-order valence-corrected chi connectivity index (χ3v) is 3.37. The summed E-state index contributed by atoms with van der Waals surface area (Å²) in [7, 11) is 0. The predicted octanol–water partition coefficient (Wildman–Crippen LogP) is 0.373. The summed E-state index contributed by atoms with van der Waals surface area (Å²) < 4.78 is 11.8. The van der Waals surface area contributed by atoms with Gasteiger partial charge in [-0.1, -0.05) is 20.3 Å². The van der Waals surface area contributed by atoms with Crippen LogP contribution in [0.15, 0.2) is 0 Å². The molecular formula is C13H24CuLiO2. The first-order chi connectivity index (χ1) is 7.01. The summed E-state index contributed by atoms with van der Waals surface area (Å²) in [5.74, 6) is -0.348. The van der Waals surface area contributed by atoms with Crippen LogP contribution in [-0.4, -0.2) is 18.0 Å². The van der Waals surface area contributed by atoms with Crippen LogP contribution in [0.4, 0.5) is 0 Å². The molecule has 2 fully saturated rings. The van der Waals surface area contributed by atoms with Crippen molar-refractivity contribution < 1.29 is 45.4 Å². The molecule has 2 aliphatic rings. The zero-order chi connectivity index (χ0) is 11.7. The molecule has 3 atom stereocenters. The quantitative estimate of drug-likeness (QED) is 0.511. The second-order valence-electron chi connectivity index (χ2n) is 4.68. The van der Waals surface area contributed by atoms with E-state index in [0.29, 0.717) is 12.2 Å². The molecule has 0 aromatic carbocycles. The fourth-order valence-corrected chi connectivity index (χ4v) is 2.26. The van der Waals surface area contributed by atoms with Crippen LogP contribution in [0.2, 0.25) is 0 Å². The van der Waals surface area contributed by atoms with E-state index < -0.39 is 0 Å². The minimum absolute atomic E-state index is 0. The summed E-state index contributed by atoms with van der Waals surface area (Å²) >= 11 is 0. The first-order valence-electron chi connectivity index (χ1n) is 5.95. The van der Waals surface area contributed by atoms with Gasteiger partial charge in [-0.05, 0) is 20.3 Å². The molecule has 0 radical (unpaired) electrons. The number of hydrogen-bond donors (Lipinski definition) is 0. The molecule has 4 heteroatoms. The van der Waals surface area contributed by atoms with E-state index in [1.54, 1.807) is 6.92 Å². The molecule has 2 rings (SSSR count). The van der Waals surface area contributed by atoms with Crippen LogP contribution in [0.5, 0.6) is 0 Å². The maximum atomic E-state index is 5.88. The normalized spacial score (nSPS) is 42.7. The van der Waals surface area contributed by atoms with Crippen molar-refractivity contribution >= 4 is 0 Å². The molecule has 1 spiro atoms. The molecule has 0 N–H and O–H groups in total. The number of hydrogen-bond acceptors (Lipinski definition) is 2. The Kier molecular flexibility index (Phi) is 9.08. The average molecular weight is 283 g/mol. The van der Waals surface area contributed by atoms with Gasteiger partial charge in [-0.3, -0.25) is 6.42 Å². The fourth-order valence-electron chi connectivity index (χ4n) is 2.26. The van der Waals surface area contributed by atoms with E-state index in [-0.39, 0.29) is 47.1 Å². The Morgan fingerprint density at radius 2 is 1.65 bits per heavy atom. The largest absolute Gasteiger partial charge is 1.00 e. The van der Waals surface area contributed by atoms with Gasteiger partial charge in [-0.15, -0.1) is 5.41 Å². The Hall–Kier alpha value is 1.04. The number of rotatable bonds is 1. The summed E-state index contributed by atoms with van der Waals surface area (Å²) in [6.45, 7) is 13.6. The smallest absolute Gasteiger partial charge is 0.379 e. The van der Waals surface area contributed by atoms with E-state index in [1.807, 2.05) is 0 Å². The Bertz CT molecular complexity index is 215. The monoisotopic (exact) mass is 282 g/mol. The van der Waals surface area contributed by atoms with Gasteiger partial charge in [0.1, 0.15) is 0 Å². The van der Waals surface area contributed by atoms with Gasteiger partial charge in [0.2, 0.25) is 0 Å². The van der Waals surface area contributed by atoms with Gasteiger partial charge in [0.15, 0.2) is 0 Å². The molecular weight excluding hydrogens is 259 g/mol. The molecule has 2 nitrogen and oxygen atoms in total. The summed E-state index contributed by atoms with van der Waals surface area (Å²) in [6.07, 6.45) is 4.95. The first-order valence-corrected chi connectivity index (χ1v) is 5.95. The van der Waals surface area contributed by atoms with Crippen LogP contribution >= 0.6 is 0 Å². The summed E-state index contributed by atoms with van der Waals surface area (Å²) in [6, 6.07) is 0. The SMILES string of the molecule is CC[C@@]1(C)[CH-]C12O[C@H](C)C[C@@H](C)O2.[CH2-]C.[Cu+].[Li+]. The summed E-state index contributed by atoms with van der Waals surface area (Å²) in [5.41, 5.74) is 0.149. The van der Waals surface area contributed by atoms with Crippen LogP contribution in [-0.2, 0) is 26.5 Å². The van der Waals surface area contributed by atoms with Crippen molar-refractivity contribution in [1.29, 1.82) is 0 Å². The first kappa shape index (κ1) is 20.4.